The van der Waals surface area contributed by atoms with E-state index < -0.39 is 0 Å². The summed E-state index contributed by atoms with van der Waals surface area (Å²) in [6, 6.07) is 18.4. The molecule has 0 unspecified atom stereocenters. The standard InChI is InChI=1S/C21H20N2O3/c1-15-4-2-5-16(14-15)7-12-20(24)22-17-8-10-18(11-9-17)23-21(25)19-6-3-13-26-19/h2-6,8-11,13-14H,7,12H2,1H3,(H,22,24)(H,23,25). The van der Waals surface area contributed by atoms with E-state index in [1.807, 2.05) is 25.1 Å². The molecule has 0 aliphatic rings. The lowest BCUT2D eigenvalue weighted by Crippen LogP contribution is -2.13. The summed E-state index contributed by atoms with van der Waals surface area (Å²) in [7, 11) is 0. The third-order valence-corrected chi connectivity index (χ3v) is 3.89. The molecule has 2 N–H and O–H groups in total. The number of nitrogens with one attached hydrogen (secondary N) is 2. The molecular weight excluding hydrogens is 328 g/mol. The maximum absolute atomic E-state index is 12.1. The van der Waals surface area contributed by atoms with Gasteiger partial charge in [-0.05, 0) is 55.3 Å². The summed E-state index contributed by atoms with van der Waals surface area (Å²) in [5, 5.41) is 5.60. The number of furan rings is 1. The van der Waals surface area contributed by atoms with E-state index in [4.69, 9.17) is 4.42 Å². The van der Waals surface area contributed by atoms with Crippen LogP contribution in [0.5, 0.6) is 0 Å². The van der Waals surface area contributed by atoms with Crippen LogP contribution in [0, 0.1) is 6.92 Å². The van der Waals surface area contributed by atoms with Crippen molar-refractivity contribution in [2.75, 3.05) is 10.6 Å². The fourth-order valence-corrected chi connectivity index (χ4v) is 2.59. The summed E-state index contributed by atoms with van der Waals surface area (Å²) in [4.78, 5) is 24.0. The molecule has 2 amide bonds. The third kappa shape index (κ3) is 4.83. The Balaban J connectivity index is 1.50. The van der Waals surface area contributed by atoms with Gasteiger partial charge in [-0.15, -0.1) is 0 Å². The van der Waals surface area contributed by atoms with Crippen LogP contribution in [0.1, 0.15) is 28.1 Å². The van der Waals surface area contributed by atoms with Crippen LogP contribution in [0.25, 0.3) is 0 Å². The predicted octanol–water partition coefficient (Wildman–Crippen LogP) is 4.41. The Hall–Kier alpha value is -3.34. The number of anilines is 2. The average Bonchev–Trinajstić information content (AvgIpc) is 3.17. The summed E-state index contributed by atoms with van der Waals surface area (Å²) in [5.41, 5.74) is 3.66. The largest absolute Gasteiger partial charge is 0.459 e. The van der Waals surface area contributed by atoms with E-state index in [9.17, 15) is 9.59 Å². The molecule has 5 heteroatoms. The topological polar surface area (TPSA) is 71.3 Å². The van der Waals surface area contributed by atoms with E-state index in [0.717, 1.165) is 5.56 Å². The molecule has 0 atom stereocenters. The summed E-state index contributed by atoms with van der Waals surface area (Å²) in [6.07, 6.45) is 2.57. The second-order valence-corrected chi connectivity index (χ2v) is 6.05. The lowest BCUT2D eigenvalue weighted by molar-refractivity contribution is -0.116. The van der Waals surface area contributed by atoms with Gasteiger partial charge in [-0.25, -0.2) is 0 Å². The lowest BCUT2D eigenvalue weighted by atomic mass is 10.1. The number of benzene rings is 2. The highest BCUT2D eigenvalue weighted by atomic mass is 16.3. The van der Waals surface area contributed by atoms with Gasteiger partial charge in [0.2, 0.25) is 5.91 Å². The molecular formula is C21H20N2O3. The number of hydrogen-bond acceptors (Lipinski definition) is 3. The van der Waals surface area contributed by atoms with Gasteiger partial charge in [-0.2, -0.15) is 0 Å². The van der Waals surface area contributed by atoms with Gasteiger partial charge in [0.1, 0.15) is 0 Å². The van der Waals surface area contributed by atoms with Crippen molar-refractivity contribution in [3.05, 3.63) is 83.8 Å². The molecule has 5 nitrogen and oxygen atoms in total. The lowest BCUT2D eigenvalue weighted by Gasteiger charge is -2.08. The van der Waals surface area contributed by atoms with Crippen molar-refractivity contribution in [3.63, 3.8) is 0 Å². The van der Waals surface area contributed by atoms with Crippen molar-refractivity contribution in [1.29, 1.82) is 0 Å². The van der Waals surface area contributed by atoms with Crippen LogP contribution in [-0.2, 0) is 11.2 Å². The Bertz CT molecular complexity index is 884. The van der Waals surface area contributed by atoms with Gasteiger partial charge in [0.25, 0.3) is 5.91 Å². The number of hydrogen-bond donors (Lipinski definition) is 2. The van der Waals surface area contributed by atoms with E-state index in [0.29, 0.717) is 24.2 Å². The first kappa shape index (κ1) is 17.5. The van der Waals surface area contributed by atoms with Crippen LogP contribution in [0.4, 0.5) is 11.4 Å². The van der Waals surface area contributed by atoms with Gasteiger partial charge in [-0.3, -0.25) is 9.59 Å². The molecule has 0 radical (unpaired) electrons. The molecule has 0 saturated heterocycles. The van der Waals surface area contributed by atoms with Crippen LogP contribution in [0.3, 0.4) is 0 Å². The first-order chi connectivity index (χ1) is 12.6. The summed E-state index contributed by atoms with van der Waals surface area (Å²) >= 11 is 0. The van der Waals surface area contributed by atoms with Crippen LogP contribution in [0.15, 0.2) is 71.3 Å². The van der Waals surface area contributed by atoms with Gasteiger partial charge < -0.3 is 15.1 Å². The highest BCUT2D eigenvalue weighted by Gasteiger charge is 2.09. The van der Waals surface area contributed by atoms with E-state index in [1.54, 1.807) is 36.4 Å². The van der Waals surface area contributed by atoms with E-state index in [1.165, 1.54) is 11.8 Å². The monoisotopic (exact) mass is 348 g/mol. The molecule has 0 aliphatic heterocycles. The van der Waals surface area contributed by atoms with Crippen molar-refractivity contribution in [3.8, 4) is 0 Å². The SMILES string of the molecule is Cc1cccc(CCC(=O)Nc2ccc(NC(=O)c3ccco3)cc2)c1. The normalized spacial score (nSPS) is 10.3. The van der Waals surface area contributed by atoms with Crippen molar-refractivity contribution >= 4 is 23.2 Å². The number of amides is 2. The van der Waals surface area contributed by atoms with Gasteiger partial charge in [0.15, 0.2) is 5.76 Å². The van der Waals surface area contributed by atoms with Crippen LogP contribution in [0.2, 0.25) is 0 Å². The minimum Gasteiger partial charge on any atom is -0.459 e. The fourth-order valence-electron chi connectivity index (χ4n) is 2.59. The number of aryl methyl sites for hydroxylation is 2. The van der Waals surface area contributed by atoms with E-state index in [-0.39, 0.29) is 17.6 Å². The zero-order chi connectivity index (χ0) is 18.4. The molecule has 1 aromatic heterocycles. The minimum atomic E-state index is -0.315. The Morgan fingerprint density at radius 2 is 1.65 bits per heavy atom. The highest BCUT2D eigenvalue weighted by Crippen LogP contribution is 2.15. The van der Waals surface area contributed by atoms with Crippen molar-refractivity contribution in [2.45, 2.75) is 19.8 Å². The zero-order valence-corrected chi connectivity index (χ0v) is 14.5. The zero-order valence-electron chi connectivity index (χ0n) is 14.5. The number of carbonyl (C=O) groups excluding carboxylic acids is 2. The Kier molecular flexibility index (Phi) is 5.49. The van der Waals surface area contributed by atoms with Gasteiger partial charge >= 0.3 is 0 Å². The van der Waals surface area contributed by atoms with Crippen molar-refractivity contribution in [1.82, 2.24) is 0 Å². The van der Waals surface area contributed by atoms with Gasteiger partial charge in [-0.1, -0.05) is 29.8 Å². The molecule has 26 heavy (non-hydrogen) atoms. The highest BCUT2D eigenvalue weighted by molar-refractivity contribution is 6.02. The summed E-state index contributed by atoms with van der Waals surface area (Å²) in [6.45, 7) is 2.04. The average molecular weight is 348 g/mol. The van der Waals surface area contributed by atoms with Gasteiger partial charge in [0, 0.05) is 17.8 Å². The Morgan fingerprint density at radius 3 is 2.31 bits per heavy atom. The van der Waals surface area contributed by atoms with Crippen LogP contribution in [-0.4, -0.2) is 11.8 Å². The molecule has 2 aromatic carbocycles. The molecule has 3 aromatic rings. The molecule has 0 aliphatic carbocycles. The second kappa shape index (κ2) is 8.16. The van der Waals surface area contributed by atoms with Crippen molar-refractivity contribution < 1.29 is 14.0 Å². The summed E-state index contributed by atoms with van der Waals surface area (Å²) < 4.78 is 5.05. The summed E-state index contributed by atoms with van der Waals surface area (Å²) in [5.74, 6) is -0.109. The first-order valence-electron chi connectivity index (χ1n) is 8.40. The maximum atomic E-state index is 12.1. The second-order valence-electron chi connectivity index (χ2n) is 6.05. The molecule has 132 valence electrons. The molecule has 1 heterocycles. The molecule has 0 bridgehead atoms. The molecule has 3 rings (SSSR count). The number of rotatable bonds is 6. The maximum Gasteiger partial charge on any atom is 0.291 e. The van der Waals surface area contributed by atoms with Crippen LogP contribution >= 0.6 is 0 Å². The van der Waals surface area contributed by atoms with E-state index in [2.05, 4.69) is 16.7 Å². The fraction of sp³-hybridized carbons (Fsp3) is 0.143. The van der Waals surface area contributed by atoms with Gasteiger partial charge in [0.05, 0.1) is 6.26 Å². The minimum absolute atomic E-state index is 0.0427. The Labute approximate surface area is 152 Å². The predicted molar refractivity (Wildman–Crippen MR) is 101 cm³/mol. The number of carbonyl (C=O) groups is 2. The smallest absolute Gasteiger partial charge is 0.291 e. The van der Waals surface area contributed by atoms with Crippen LogP contribution < -0.4 is 10.6 Å². The Morgan fingerprint density at radius 1 is 0.923 bits per heavy atom. The molecule has 0 saturated carbocycles. The molecule has 0 fully saturated rings. The first-order valence-corrected chi connectivity index (χ1v) is 8.40. The molecule has 0 spiro atoms. The quantitative estimate of drug-likeness (QED) is 0.693. The van der Waals surface area contributed by atoms with E-state index >= 15 is 0 Å². The van der Waals surface area contributed by atoms with Crippen molar-refractivity contribution in [2.24, 2.45) is 0 Å². The third-order valence-electron chi connectivity index (χ3n) is 3.89.